The Balaban J connectivity index is 2.79. The Kier molecular flexibility index (Phi) is 10.2. The second kappa shape index (κ2) is 11.8. The minimum Gasteiger partial charge on any atom is -0.426 e. The molecular formula is C20H33BN2O5. The summed E-state index contributed by atoms with van der Waals surface area (Å²) in [6, 6.07) is 5.93. The van der Waals surface area contributed by atoms with Gasteiger partial charge in [0.25, 0.3) is 5.91 Å². The summed E-state index contributed by atoms with van der Waals surface area (Å²) >= 11 is 0. The highest BCUT2D eigenvalue weighted by Crippen LogP contribution is 2.10. The second-order valence-corrected chi connectivity index (χ2v) is 7.65. The normalized spacial score (nSPS) is 14.3. The zero-order valence-electron chi connectivity index (χ0n) is 17.2. The Bertz CT molecular complexity index is 620. The van der Waals surface area contributed by atoms with Crippen LogP contribution in [0.1, 0.15) is 62.9 Å². The third kappa shape index (κ3) is 8.00. The number of nitrogens with one attached hydrogen (secondary N) is 2. The minimum atomic E-state index is -1.73. The smallest absolute Gasteiger partial charge is 0.426 e. The molecular weight excluding hydrogens is 359 g/mol. The molecule has 0 spiro atoms. The Labute approximate surface area is 167 Å². The Morgan fingerprint density at radius 1 is 1.07 bits per heavy atom. The van der Waals surface area contributed by atoms with Crippen molar-refractivity contribution in [2.45, 2.75) is 71.5 Å². The molecule has 0 aliphatic carbocycles. The van der Waals surface area contributed by atoms with E-state index in [1.165, 1.54) is 6.92 Å². The molecule has 0 saturated heterocycles. The van der Waals surface area contributed by atoms with Crippen LogP contribution < -0.4 is 10.6 Å². The van der Waals surface area contributed by atoms with Crippen LogP contribution in [0.4, 0.5) is 0 Å². The number of hydrogen-bond acceptors (Lipinski definition) is 5. The van der Waals surface area contributed by atoms with Gasteiger partial charge in [-0.25, -0.2) is 0 Å². The number of rotatable bonds is 11. The van der Waals surface area contributed by atoms with Crippen LogP contribution in [0.5, 0.6) is 0 Å². The van der Waals surface area contributed by atoms with E-state index in [-0.39, 0.29) is 5.92 Å². The topological polar surface area (TPSA) is 119 Å². The van der Waals surface area contributed by atoms with E-state index in [1.807, 2.05) is 26.0 Å². The van der Waals surface area contributed by atoms with Crippen molar-refractivity contribution in [2.24, 2.45) is 5.92 Å². The number of hydrogen-bond donors (Lipinski definition) is 5. The lowest BCUT2D eigenvalue weighted by molar-refractivity contribution is -0.125. The number of benzene rings is 1. The predicted octanol–water partition coefficient (Wildman–Crippen LogP) is 1.05. The van der Waals surface area contributed by atoms with Crippen LogP contribution >= 0.6 is 0 Å². The Morgan fingerprint density at radius 3 is 2.14 bits per heavy atom. The fourth-order valence-electron chi connectivity index (χ4n) is 2.87. The van der Waals surface area contributed by atoms with Crippen LogP contribution in [0.25, 0.3) is 0 Å². The molecule has 0 unspecified atom stereocenters. The number of amides is 2. The number of unbranched alkanes of at least 4 members (excludes halogenated alkanes) is 1. The largest absolute Gasteiger partial charge is 0.475 e. The maximum absolute atomic E-state index is 12.5. The molecule has 0 aliphatic heterocycles. The molecule has 0 heterocycles. The van der Waals surface area contributed by atoms with Gasteiger partial charge < -0.3 is 25.8 Å². The highest BCUT2D eigenvalue weighted by molar-refractivity contribution is 6.43. The van der Waals surface area contributed by atoms with Crippen LogP contribution in [0, 0.1) is 5.92 Å². The first-order valence-electron chi connectivity index (χ1n) is 9.90. The molecule has 0 radical (unpaired) electrons. The molecule has 3 atom stereocenters. The number of carbonyl (C=O) groups is 2. The van der Waals surface area contributed by atoms with Crippen LogP contribution in [-0.2, 0) is 11.2 Å². The SMILES string of the molecule is CCCCc1ccc(C(=O)N[C@H](C(=O)N[C@@H](CC(C)C)B(O)O)[C@@H](C)O)cc1. The third-order valence-corrected chi connectivity index (χ3v) is 4.50. The van der Waals surface area contributed by atoms with E-state index in [4.69, 9.17) is 0 Å². The van der Waals surface area contributed by atoms with Crippen molar-refractivity contribution < 1.29 is 24.7 Å². The van der Waals surface area contributed by atoms with E-state index in [1.54, 1.807) is 12.1 Å². The summed E-state index contributed by atoms with van der Waals surface area (Å²) < 4.78 is 0. The number of aliphatic hydroxyl groups is 1. The second-order valence-electron chi connectivity index (χ2n) is 7.65. The van der Waals surface area contributed by atoms with Crippen molar-refractivity contribution in [3.05, 3.63) is 35.4 Å². The van der Waals surface area contributed by atoms with Gasteiger partial charge in [0, 0.05) is 5.56 Å². The lowest BCUT2D eigenvalue weighted by Crippen LogP contribution is -2.57. The zero-order valence-corrected chi connectivity index (χ0v) is 17.2. The highest BCUT2D eigenvalue weighted by atomic mass is 16.4. The molecule has 2 amide bonds. The van der Waals surface area contributed by atoms with Gasteiger partial charge in [-0.15, -0.1) is 0 Å². The van der Waals surface area contributed by atoms with E-state index >= 15 is 0 Å². The van der Waals surface area contributed by atoms with E-state index in [9.17, 15) is 24.7 Å². The van der Waals surface area contributed by atoms with Gasteiger partial charge in [0.1, 0.15) is 6.04 Å². The molecule has 0 aromatic heterocycles. The van der Waals surface area contributed by atoms with Gasteiger partial charge in [0.2, 0.25) is 5.91 Å². The number of aliphatic hydroxyl groups excluding tert-OH is 1. The highest BCUT2D eigenvalue weighted by Gasteiger charge is 2.32. The molecule has 1 aromatic carbocycles. The summed E-state index contributed by atoms with van der Waals surface area (Å²) in [6.45, 7) is 7.29. The molecule has 0 fully saturated rings. The summed E-state index contributed by atoms with van der Waals surface area (Å²) in [5, 5.41) is 33.9. The van der Waals surface area contributed by atoms with Crippen LogP contribution in [0.15, 0.2) is 24.3 Å². The molecule has 0 aliphatic rings. The third-order valence-electron chi connectivity index (χ3n) is 4.50. The van der Waals surface area contributed by atoms with Gasteiger partial charge in [-0.3, -0.25) is 9.59 Å². The van der Waals surface area contributed by atoms with Crippen LogP contribution in [0.3, 0.4) is 0 Å². The Hall–Kier alpha value is -1.90. The molecule has 8 heteroatoms. The summed E-state index contributed by atoms with van der Waals surface area (Å²) in [6.07, 6.45) is 2.31. The lowest BCUT2D eigenvalue weighted by atomic mass is 9.75. The Morgan fingerprint density at radius 2 is 1.68 bits per heavy atom. The fraction of sp³-hybridized carbons (Fsp3) is 0.600. The van der Waals surface area contributed by atoms with Crippen molar-refractivity contribution in [2.75, 3.05) is 0 Å². The van der Waals surface area contributed by atoms with Gasteiger partial charge in [0.05, 0.1) is 12.0 Å². The van der Waals surface area contributed by atoms with Crippen molar-refractivity contribution in [3.63, 3.8) is 0 Å². The molecule has 5 N–H and O–H groups in total. The van der Waals surface area contributed by atoms with Gasteiger partial charge in [-0.1, -0.05) is 39.3 Å². The van der Waals surface area contributed by atoms with Gasteiger partial charge in [-0.05, 0) is 49.8 Å². The molecule has 1 aromatic rings. The average molecular weight is 392 g/mol. The first-order chi connectivity index (χ1) is 13.1. The summed E-state index contributed by atoms with van der Waals surface area (Å²) in [5.74, 6) is -1.91. The average Bonchev–Trinajstić information content (AvgIpc) is 2.63. The zero-order chi connectivity index (χ0) is 21.3. The van der Waals surface area contributed by atoms with Crippen molar-refractivity contribution in [1.82, 2.24) is 10.6 Å². The van der Waals surface area contributed by atoms with E-state index < -0.39 is 37.0 Å². The first-order valence-corrected chi connectivity index (χ1v) is 9.90. The van der Waals surface area contributed by atoms with Crippen molar-refractivity contribution in [1.29, 1.82) is 0 Å². The summed E-state index contributed by atoms with van der Waals surface area (Å²) in [4.78, 5) is 25.0. The molecule has 0 bridgehead atoms. The van der Waals surface area contributed by atoms with Crippen LogP contribution in [0.2, 0.25) is 0 Å². The monoisotopic (exact) mass is 392 g/mol. The number of carbonyl (C=O) groups excluding carboxylic acids is 2. The van der Waals surface area contributed by atoms with Gasteiger partial charge in [0.15, 0.2) is 0 Å². The van der Waals surface area contributed by atoms with Gasteiger partial charge >= 0.3 is 7.12 Å². The lowest BCUT2D eigenvalue weighted by Gasteiger charge is -2.25. The van der Waals surface area contributed by atoms with Crippen molar-refractivity contribution in [3.8, 4) is 0 Å². The standard InChI is InChI=1S/C20H33BN2O5/c1-5-6-7-15-8-10-16(11-9-15)19(25)23-18(14(4)24)20(26)22-17(21(27)28)12-13(2)3/h8-11,13-14,17-18,24,27-28H,5-7,12H2,1-4H3,(H,22,26)(H,23,25)/t14-,17+,18+/m1/s1. The quantitative estimate of drug-likeness (QED) is 0.361. The molecule has 0 saturated carbocycles. The molecule has 28 heavy (non-hydrogen) atoms. The van der Waals surface area contributed by atoms with E-state index in [2.05, 4.69) is 17.6 Å². The van der Waals surface area contributed by atoms with Crippen molar-refractivity contribution >= 4 is 18.9 Å². The van der Waals surface area contributed by atoms with E-state index in [0.29, 0.717) is 12.0 Å². The van der Waals surface area contributed by atoms with Gasteiger partial charge in [-0.2, -0.15) is 0 Å². The first kappa shape index (κ1) is 24.1. The molecule has 7 nitrogen and oxygen atoms in total. The fourth-order valence-corrected chi connectivity index (χ4v) is 2.87. The van der Waals surface area contributed by atoms with E-state index in [0.717, 1.165) is 24.8 Å². The van der Waals surface area contributed by atoms with Crippen LogP contribution in [-0.4, -0.2) is 52.2 Å². The summed E-state index contributed by atoms with van der Waals surface area (Å²) in [5.41, 5.74) is 1.52. The maximum Gasteiger partial charge on any atom is 0.475 e. The minimum absolute atomic E-state index is 0.123. The molecule has 156 valence electrons. The maximum atomic E-state index is 12.5. The number of aryl methyl sites for hydroxylation is 1. The summed E-state index contributed by atoms with van der Waals surface area (Å²) in [7, 11) is -1.73. The molecule has 1 rings (SSSR count). The predicted molar refractivity (Wildman–Crippen MR) is 110 cm³/mol.